The number of rotatable bonds is 8. The molecule has 4 rings (SSSR count). The van der Waals surface area contributed by atoms with Gasteiger partial charge in [-0.05, 0) is 97.8 Å². The van der Waals surface area contributed by atoms with Crippen molar-refractivity contribution in [1.29, 1.82) is 0 Å². The van der Waals surface area contributed by atoms with Crippen LogP contribution in [0.3, 0.4) is 0 Å². The predicted molar refractivity (Wildman–Crippen MR) is 145 cm³/mol. The standard InChI is InChI=1S/C28H22N4O6S/c1-15-11-19(13-23(25(15)33)27(35)36)31-29-17-3-7-21(8-4-17)39-22-9-5-18(6-10-22)30-32-20-12-16(2)26(34)24(14-20)28(37)38/h3-14,33-34H,1-2H3,(H,35,36)(H,37,38). The molecule has 4 aromatic rings. The van der Waals surface area contributed by atoms with Crippen molar-refractivity contribution in [2.45, 2.75) is 23.6 Å². The molecule has 196 valence electrons. The molecule has 0 saturated heterocycles. The number of carboxylic acid groups (broad SMARTS) is 2. The van der Waals surface area contributed by atoms with Gasteiger partial charge in [0.2, 0.25) is 0 Å². The average molecular weight is 543 g/mol. The van der Waals surface area contributed by atoms with Crippen LogP contribution < -0.4 is 0 Å². The van der Waals surface area contributed by atoms with E-state index in [9.17, 15) is 30.0 Å². The Kier molecular flexibility index (Phi) is 8.01. The molecule has 10 nitrogen and oxygen atoms in total. The number of hydrogen-bond acceptors (Lipinski definition) is 9. The lowest BCUT2D eigenvalue weighted by molar-refractivity contribution is 0.0682. The highest BCUT2D eigenvalue weighted by atomic mass is 32.2. The number of phenols is 2. The van der Waals surface area contributed by atoms with Crippen molar-refractivity contribution in [3.8, 4) is 11.5 Å². The quantitative estimate of drug-likeness (QED) is 0.163. The maximum Gasteiger partial charge on any atom is 0.339 e. The fourth-order valence-electron chi connectivity index (χ4n) is 3.49. The van der Waals surface area contributed by atoms with Gasteiger partial charge in [0.05, 0.1) is 22.7 Å². The molecule has 0 bridgehead atoms. The van der Waals surface area contributed by atoms with Gasteiger partial charge in [0, 0.05) is 9.79 Å². The van der Waals surface area contributed by atoms with Gasteiger partial charge in [-0.2, -0.15) is 20.5 Å². The van der Waals surface area contributed by atoms with Crippen molar-refractivity contribution in [3.05, 3.63) is 95.1 Å². The van der Waals surface area contributed by atoms with Crippen LogP contribution in [0.1, 0.15) is 31.8 Å². The van der Waals surface area contributed by atoms with Crippen LogP contribution >= 0.6 is 11.8 Å². The molecule has 0 aliphatic heterocycles. The molecule has 0 unspecified atom stereocenters. The molecule has 0 amide bonds. The number of benzene rings is 4. The summed E-state index contributed by atoms with van der Waals surface area (Å²) in [5, 5.41) is 54.6. The number of carboxylic acids is 2. The molecule has 0 aromatic heterocycles. The van der Waals surface area contributed by atoms with Crippen LogP contribution in [0, 0.1) is 13.8 Å². The number of aryl methyl sites for hydroxylation is 2. The number of aromatic hydroxyl groups is 2. The van der Waals surface area contributed by atoms with E-state index in [0.29, 0.717) is 33.9 Å². The number of carbonyl (C=O) groups is 2. The van der Waals surface area contributed by atoms with Crippen molar-refractivity contribution < 1.29 is 30.0 Å². The summed E-state index contributed by atoms with van der Waals surface area (Å²) >= 11 is 1.52. The summed E-state index contributed by atoms with van der Waals surface area (Å²) in [4.78, 5) is 24.5. The fraction of sp³-hybridized carbons (Fsp3) is 0.0714. The summed E-state index contributed by atoms with van der Waals surface area (Å²) in [6, 6.07) is 20.3. The Morgan fingerprint density at radius 2 is 0.897 bits per heavy atom. The zero-order valence-electron chi connectivity index (χ0n) is 20.7. The van der Waals surface area contributed by atoms with E-state index in [1.54, 1.807) is 50.2 Å². The molecule has 0 aliphatic rings. The van der Waals surface area contributed by atoms with E-state index in [2.05, 4.69) is 20.5 Å². The van der Waals surface area contributed by atoms with Crippen molar-refractivity contribution in [2.75, 3.05) is 0 Å². The highest BCUT2D eigenvalue weighted by Gasteiger charge is 2.14. The van der Waals surface area contributed by atoms with Gasteiger partial charge in [-0.1, -0.05) is 11.8 Å². The molecular formula is C28H22N4O6S. The molecule has 0 radical (unpaired) electrons. The second kappa shape index (κ2) is 11.6. The zero-order valence-corrected chi connectivity index (χ0v) is 21.5. The van der Waals surface area contributed by atoms with Gasteiger partial charge in [-0.15, -0.1) is 0 Å². The van der Waals surface area contributed by atoms with Gasteiger partial charge < -0.3 is 20.4 Å². The van der Waals surface area contributed by atoms with Gasteiger partial charge in [-0.3, -0.25) is 0 Å². The normalized spacial score (nSPS) is 11.3. The minimum Gasteiger partial charge on any atom is -0.507 e. The van der Waals surface area contributed by atoms with Crippen LogP contribution in [0.5, 0.6) is 11.5 Å². The summed E-state index contributed by atoms with van der Waals surface area (Å²) in [6.45, 7) is 3.19. The van der Waals surface area contributed by atoms with E-state index in [1.807, 2.05) is 24.3 Å². The molecule has 0 aliphatic carbocycles. The van der Waals surface area contributed by atoms with E-state index in [4.69, 9.17) is 0 Å². The molecule has 4 aromatic carbocycles. The summed E-state index contributed by atoms with van der Waals surface area (Å²) in [6.07, 6.45) is 0. The number of nitrogens with zero attached hydrogens (tertiary/aromatic N) is 4. The first-order valence-corrected chi connectivity index (χ1v) is 12.3. The largest absolute Gasteiger partial charge is 0.507 e. The van der Waals surface area contributed by atoms with E-state index in [0.717, 1.165) is 9.79 Å². The molecule has 11 heteroatoms. The summed E-state index contributed by atoms with van der Waals surface area (Å²) in [5.74, 6) is -3.07. The second-order valence-electron chi connectivity index (χ2n) is 8.42. The van der Waals surface area contributed by atoms with Gasteiger partial charge in [0.1, 0.15) is 22.6 Å². The minimum atomic E-state index is -1.24. The molecular weight excluding hydrogens is 520 g/mol. The van der Waals surface area contributed by atoms with E-state index >= 15 is 0 Å². The lowest BCUT2D eigenvalue weighted by Gasteiger charge is -2.05. The Labute approximate surface area is 227 Å². The maximum atomic E-state index is 11.3. The monoisotopic (exact) mass is 542 g/mol. The Balaban J connectivity index is 1.40. The molecule has 0 heterocycles. The van der Waals surface area contributed by atoms with Gasteiger partial charge in [0.15, 0.2) is 0 Å². The Morgan fingerprint density at radius 1 is 0.564 bits per heavy atom. The van der Waals surface area contributed by atoms with Crippen molar-refractivity contribution in [2.24, 2.45) is 20.5 Å². The zero-order chi connectivity index (χ0) is 28.1. The van der Waals surface area contributed by atoms with E-state index < -0.39 is 11.9 Å². The SMILES string of the molecule is Cc1cc(N=Nc2ccc(Sc3ccc(N=Nc4cc(C)c(O)c(C(=O)O)c4)cc3)cc2)cc(C(=O)O)c1O. The van der Waals surface area contributed by atoms with Crippen LogP contribution in [0.4, 0.5) is 22.7 Å². The third-order valence-electron chi connectivity index (χ3n) is 5.50. The lowest BCUT2D eigenvalue weighted by atomic mass is 10.1. The fourth-order valence-corrected chi connectivity index (χ4v) is 4.31. The summed E-state index contributed by atoms with van der Waals surface area (Å²) in [7, 11) is 0. The summed E-state index contributed by atoms with van der Waals surface area (Å²) in [5.41, 5.74) is 2.12. The van der Waals surface area contributed by atoms with Crippen LogP contribution in [0.25, 0.3) is 0 Å². The average Bonchev–Trinajstić information content (AvgIpc) is 2.91. The maximum absolute atomic E-state index is 11.3. The smallest absolute Gasteiger partial charge is 0.339 e. The van der Waals surface area contributed by atoms with Gasteiger partial charge in [-0.25, -0.2) is 9.59 Å². The summed E-state index contributed by atoms with van der Waals surface area (Å²) < 4.78 is 0. The predicted octanol–water partition coefficient (Wildman–Crippen LogP) is 8.09. The minimum absolute atomic E-state index is 0.231. The van der Waals surface area contributed by atoms with Crippen molar-refractivity contribution in [3.63, 3.8) is 0 Å². The number of aromatic carboxylic acids is 2. The van der Waals surface area contributed by atoms with E-state index in [1.165, 1.54) is 23.9 Å². The Hall–Kier alpha value is -5.03. The third-order valence-corrected chi connectivity index (χ3v) is 6.52. The van der Waals surface area contributed by atoms with Crippen LogP contribution in [-0.2, 0) is 0 Å². The van der Waals surface area contributed by atoms with Crippen molar-refractivity contribution >= 4 is 46.5 Å². The van der Waals surface area contributed by atoms with E-state index in [-0.39, 0.29) is 22.6 Å². The van der Waals surface area contributed by atoms with Crippen molar-refractivity contribution in [1.82, 2.24) is 0 Å². The molecule has 0 saturated carbocycles. The first-order chi connectivity index (χ1) is 18.6. The molecule has 0 fully saturated rings. The second-order valence-corrected chi connectivity index (χ2v) is 9.56. The lowest BCUT2D eigenvalue weighted by Crippen LogP contribution is -1.97. The molecule has 39 heavy (non-hydrogen) atoms. The number of hydrogen-bond donors (Lipinski definition) is 4. The first-order valence-electron chi connectivity index (χ1n) is 11.5. The van der Waals surface area contributed by atoms with Gasteiger partial charge >= 0.3 is 11.9 Å². The van der Waals surface area contributed by atoms with Gasteiger partial charge in [0.25, 0.3) is 0 Å². The highest BCUT2D eigenvalue weighted by Crippen LogP contribution is 2.33. The third kappa shape index (κ3) is 6.65. The first kappa shape index (κ1) is 27.0. The number of azo groups is 2. The Bertz CT molecular complexity index is 1500. The van der Waals surface area contributed by atoms with Crippen LogP contribution in [0.15, 0.2) is 103 Å². The molecule has 0 spiro atoms. The molecule has 4 N–H and O–H groups in total. The topological polar surface area (TPSA) is 164 Å². The van der Waals surface area contributed by atoms with Crippen LogP contribution in [0.2, 0.25) is 0 Å². The van der Waals surface area contributed by atoms with Crippen LogP contribution in [-0.4, -0.2) is 32.4 Å². The molecule has 0 atom stereocenters. The highest BCUT2D eigenvalue weighted by molar-refractivity contribution is 7.99. The Morgan fingerprint density at radius 3 is 1.23 bits per heavy atom.